The molecule has 1 aromatic heterocycles. The quantitative estimate of drug-likeness (QED) is 0.756. The summed E-state index contributed by atoms with van der Waals surface area (Å²) in [4.78, 5) is 23.7. The standard InChI is InChI=1S/C18H20N2O6/c1-12-9-17(26-20-12)19-16(21)11-25-18(22)13-4-6-14(7-5-13)24-10-15-3-2-8-23-15/h4-7,9,15H,2-3,8,10-11H2,1H3,(H,19,21). The first-order chi connectivity index (χ1) is 12.6. The number of hydrogen-bond donors (Lipinski definition) is 1. The number of aromatic nitrogens is 1. The van der Waals surface area contributed by atoms with Crippen molar-refractivity contribution in [3.63, 3.8) is 0 Å². The summed E-state index contributed by atoms with van der Waals surface area (Å²) in [6, 6.07) is 8.11. The van der Waals surface area contributed by atoms with E-state index in [1.807, 2.05) is 0 Å². The number of anilines is 1. The molecular weight excluding hydrogens is 340 g/mol. The summed E-state index contributed by atoms with van der Waals surface area (Å²) in [5.74, 6) is -0.252. The number of nitrogens with one attached hydrogen (secondary N) is 1. The van der Waals surface area contributed by atoms with E-state index >= 15 is 0 Å². The Hall–Kier alpha value is -2.87. The van der Waals surface area contributed by atoms with Crippen LogP contribution in [0.15, 0.2) is 34.9 Å². The molecule has 26 heavy (non-hydrogen) atoms. The highest BCUT2D eigenvalue weighted by atomic mass is 16.5. The van der Waals surface area contributed by atoms with Gasteiger partial charge >= 0.3 is 5.97 Å². The van der Waals surface area contributed by atoms with Crippen molar-refractivity contribution < 1.29 is 28.3 Å². The number of benzene rings is 1. The van der Waals surface area contributed by atoms with Gasteiger partial charge in [-0.25, -0.2) is 4.79 Å². The number of aryl methyl sites for hydroxylation is 1. The monoisotopic (exact) mass is 360 g/mol. The van der Waals surface area contributed by atoms with E-state index in [1.165, 1.54) is 0 Å². The minimum absolute atomic E-state index is 0.131. The first-order valence-electron chi connectivity index (χ1n) is 8.35. The minimum Gasteiger partial charge on any atom is -0.491 e. The molecule has 2 aromatic rings. The molecule has 1 amide bonds. The number of carbonyl (C=O) groups is 2. The molecule has 0 bridgehead atoms. The Morgan fingerprint density at radius 1 is 1.31 bits per heavy atom. The van der Waals surface area contributed by atoms with Crippen LogP contribution in [0.1, 0.15) is 28.9 Å². The number of nitrogens with zero attached hydrogens (tertiary/aromatic N) is 1. The number of hydrogen-bond acceptors (Lipinski definition) is 7. The number of ether oxygens (including phenoxy) is 3. The van der Waals surface area contributed by atoms with E-state index in [0.717, 1.165) is 19.4 Å². The van der Waals surface area contributed by atoms with Crippen LogP contribution in [0.2, 0.25) is 0 Å². The van der Waals surface area contributed by atoms with E-state index in [0.29, 0.717) is 23.6 Å². The van der Waals surface area contributed by atoms with E-state index < -0.39 is 18.5 Å². The van der Waals surface area contributed by atoms with E-state index in [4.69, 9.17) is 18.7 Å². The Balaban J connectivity index is 1.42. The average Bonchev–Trinajstić information content (AvgIpc) is 3.30. The first kappa shape index (κ1) is 17.9. The molecule has 1 aromatic carbocycles. The summed E-state index contributed by atoms with van der Waals surface area (Å²) in [5, 5.41) is 6.09. The highest BCUT2D eigenvalue weighted by Crippen LogP contribution is 2.17. The van der Waals surface area contributed by atoms with Crippen molar-refractivity contribution in [2.24, 2.45) is 0 Å². The minimum atomic E-state index is -0.598. The molecule has 0 spiro atoms. The second kappa shape index (κ2) is 8.48. The summed E-state index contributed by atoms with van der Waals surface area (Å²) in [6.07, 6.45) is 2.19. The molecule has 0 aliphatic carbocycles. The third kappa shape index (κ3) is 5.06. The molecule has 3 rings (SSSR count). The summed E-state index contributed by atoms with van der Waals surface area (Å²) in [5.41, 5.74) is 0.969. The Bertz CT molecular complexity index is 749. The van der Waals surface area contributed by atoms with E-state index in [9.17, 15) is 9.59 Å². The topological polar surface area (TPSA) is 99.9 Å². The molecule has 1 aliphatic rings. The molecule has 1 N–H and O–H groups in total. The Labute approximate surface area is 150 Å². The van der Waals surface area contributed by atoms with Gasteiger partial charge in [-0.2, -0.15) is 0 Å². The van der Waals surface area contributed by atoms with Crippen molar-refractivity contribution in [3.05, 3.63) is 41.6 Å². The lowest BCUT2D eigenvalue weighted by Gasteiger charge is -2.11. The molecule has 1 aliphatic heterocycles. The molecule has 0 saturated carbocycles. The van der Waals surface area contributed by atoms with Gasteiger partial charge in [-0.15, -0.1) is 0 Å². The van der Waals surface area contributed by atoms with E-state index in [-0.39, 0.29) is 12.0 Å². The normalized spacial score (nSPS) is 16.3. The highest BCUT2D eigenvalue weighted by Gasteiger charge is 2.16. The van der Waals surface area contributed by atoms with Gasteiger partial charge in [0.25, 0.3) is 5.91 Å². The van der Waals surface area contributed by atoms with Crippen molar-refractivity contribution in [1.29, 1.82) is 0 Å². The maximum absolute atomic E-state index is 12.0. The van der Waals surface area contributed by atoms with Crippen LogP contribution in [0, 0.1) is 6.92 Å². The average molecular weight is 360 g/mol. The van der Waals surface area contributed by atoms with Gasteiger partial charge in [-0.1, -0.05) is 5.16 Å². The summed E-state index contributed by atoms with van der Waals surface area (Å²) in [7, 11) is 0. The van der Waals surface area contributed by atoms with Crippen LogP contribution >= 0.6 is 0 Å². The Kier molecular flexibility index (Phi) is 5.85. The molecular formula is C18H20N2O6. The first-order valence-corrected chi connectivity index (χ1v) is 8.35. The van der Waals surface area contributed by atoms with Crippen LogP contribution in [-0.2, 0) is 14.3 Å². The molecule has 1 unspecified atom stereocenters. The van der Waals surface area contributed by atoms with Crippen molar-refractivity contribution in [2.75, 3.05) is 25.1 Å². The lowest BCUT2D eigenvalue weighted by Crippen LogP contribution is -2.20. The number of rotatable bonds is 7. The molecule has 8 nitrogen and oxygen atoms in total. The lowest BCUT2D eigenvalue weighted by atomic mass is 10.2. The zero-order valence-electron chi connectivity index (χ0n) is 14.4. The van der Waals surface area contributed by atoms with Crippen LogP contribution in [0.25, 0.3) is 0 Å². The molecule has 1 atom stereocenters. The zero-order chi connectivity index (χ0) is 18.4. The molecule has 138 valence electrons. The Morgan fingerprint density at radius 2 is 2.12 bits per heavy atom. The number of esters is 1. The van der Waals surface area contributed by atoms with E-state index in [1.54, 1.807) is 37.3 Å². The fourth-order valence-electron chi connectivity index (χ4n) is 2.46. The van der Waals surface area contributed by atoms with Crippen LogP contribution in [0.3, 0.4) is 0 Å². The summed E-state index contributed by atoms with van der Waals surface area (Å²) >= 11 is 0. The van der Waals surface area contributed by atoms with Gasteiger partial charge in [0.05, 0.1) is 17.4 Å². The number of carbonyl (C=O) groups excluding carboxylic acids is 2. The van der Waals surface area contributed by atoms with E-state index in [2.05, 4.69) is 10.5 Å². The van der Waals surface area contributed by atoms with Crippen LogP contribution < -0.4 is 10.1 Å². The summed E-state index contributed by atoms with van der Waals surface area (Å²) in [6.45, 7) is 2.58. The van der Waals surface area contributed by atoms with Gasteiger partial charge < -0.3 is 18.7 Å². The molecule has 1 saturated heterocycles. The highest BCUT2D eigenvalue weighted by molar-refractivity contribution is 5.94. The molecule has 0 radical (unpaired) electrons. The van der Waals surface area contributed by atoms with Crippen LogP contribution in [-0.4, -0.2) is 43.0 Å². The molecule has 1 fully saturated rings. The van der Waals surface area contributed by atoms with Crippen LogP contribution in [0.4, 0.5) is 5.88 Å². The predicted molar refractivity (Wildman–Crippen MR) is 91.1 cm³/mol. The maximum atomic E-state index is 12.0. The number of amides is 1. The molecule has 2 heterocycles. The van der Waals surface area contributed by atoms with Gasteiger partial charge in [0, 0.05) is 12.7 Å². The zero-order valence-corrected chi connectivity index (χ0v) is 14.4. The SMILES string of the molecule is Cc1cc(NC(=O)COC(=O)c2ccc(OCC3CCCO3)cc2)on1. The fraction of sp³-hybridized carbons (Fsp3) is 0.389. The van der Waals surface area contributed by atoms with Crippen molar-refractivity contribution >= 4 is 17.8 Å². The largest absolute Gasteiger partial charge is 0.491 e. The third-order valence-electron chi connectivity index (χ3n) is 3.77. The van der Waals surface area contributed by atoms with Gasteiger partial charge in [0.1, 0.15) is 12.4 Å². The van der Waals surface area contributed by atoms with Gasteiger partial charge in [-0.05, 0) is 44.0 Å². The molecule has 8 heteroatoms. The lowest BCUT2D eigenvalue weighted by molar-refractivity contribution is -0.119. The second-order valence-electron chi connectivity index (χ2n) is 5.93. The second-order valence-corrected chi connectivity index (χ2v) is 5.93. The maximum Gasteiger partial charge on any atom is 0.338 e. The van der Waals surface area contributed by atoms with Gasteiger partial charge in [0.2, 0.25) is 5.88 Å². The fourth-order valence-corrected chi connectivity index (χ4v) is 2.46. The van der Waals surface area contributed by atoms with Crippen LogP contribution in [0.5, 0.6) is 5.75 Å². The smallest absolute Gasteiger partial charge is 0.338 e. The summed E-state index contributed by atoms with van der Waals surface area (Å²) < 4.78 is 21.0. The predicted octanol–water partition coefficient (Wildman–Crippen LogP) is 2.34. The Morgan fingerprint density at radius 3 is 2.77 bits per heavy atom. The third-order valence-corrected chi connectivity index (χ3v) is 3.77. The van der Waals surface area contributed by atoms with Gasteiger partial charge in [0.15, 0.2) is 6.61 Å². The van der Waals surface area contributed by atoms with Crippen molar-refractivity contribution in [3.8, 4) is 5.75 Å². The van der Waals surface area contributed by atoms with Crippen molar-refractivity contribution in [2.45, 2.75) is 25.9 Å². The van der Waals surface area contributed by atoms with Crippen molar-refractivity contribution in [1.82, 2.24) is 5.16 Å². The van der Waals surface area contributed by atoms with Gasteiger partial charge in [-0.3, -0.25) is 10.1 Å².